The molecule has 0 aliphatic heterocycles. The summed E-state index contributed by atoms with van der Waals surface area (Å²) in [4.78, 5) is 12.0. The van der Waals surface area contributed by atoms with Crippen molar-refractivity contribution < 1.29 is 19.0 Å². The third-order valence-corrected chi connectivity index (χ3v) is 7.49. The number of aryl methyl sites for hydroxylation is 3. The highest BCUT2D eigenvalue weighted by Crippen LogP contribution is 2.18. The van der Waals surface area contributed by atoms with Crippen LogP contribution in [0, 0.1) is 20.8 Å². The SMILES string of the molecule is C.C.CCCN(C)C.CCOC(C)=O.Cc1ccc2ccccc2c1.Cc1cccc(OCc2ccccc2)c1.Cc1ccccc1OCc1ccccc1. The predicted molar refractivity (Wildman–Crippen MR) is 237 cm³/mol. The average Bonchev–Trinajstić information content (AvgIpc) is 3.15. The van der Waals surface area contributed by atoms with Gasteiger partial charge in [0.05, 0.1) is 6.61 Å². The number of fused-ring (bicyclic) bond motifs is 1. The van der Waals surface area contributed by atoms with Crippen LogP contribution in [0.25, 0.3) is 10.8 Å². The average molecular weight is 746 g/mol. The summed E-state index contributed by atoms with van der Waals surface area (Å²) in [7, 11) is 4.17. The number of para-hydroxylation sites is 1. The Morgan fingerprint density at radius 1 is 0.564 bits per heavy atom. The molecule has 0 bridgehead atoms. The van der Waals surface area contributed by atoms with Gasteiger partial charge >= 0.3 is 5.97 Å². The lowest BCUT2D eigenvalue weighted by atomic mass is 10.1. The Labute approximate surface area is 333 Å². The van der Waals surface area contributed by atoms with Gasteiger partial charge in [-0.3, -0.25) is 4.79 Å². The first-order valence-electron chi connectivity index (χ1n) is 18.3. The molecule has 0 atom stereocenters. The van der Waals surface area contributed by atoms with E-state index in [1.807, 2.05) is 72.8 Å². The van der Waals surface area contributed by atoms with Crippen molar-refractivity contribution in [3.05, 3.63) is 179 Å². The van der Waals surface area contributed by atoms with Crippen LogP contribution in [-0.4, -0.2) is 38.1 Å². The van der Waals surface area contributed by atoms with Crippen molar-refractivity contribution in [1.29, 1.82) is 0 Å². The van der Waals surface area contributed by atoms with Gasteiger partial charge in [-0.15, -0.1) is 0 Å². The Balaban J connectivity index is 0.000000689. The molecule has 0 aliphatic rings. The van der Waals surface area contributed by atoms with Crippen LogP contribution in [0.3, 0.4) is 0 Å². The highest BCUT2D eigenvalue weighted by Gasteiger charge is 1.98. The predicted octanol–water partition coefficient (Wildman–Crippen LogP) is 13.1. The molecule has 0 spiro atoms. The highest BCUT2D eigenvalue weighted by atomic mass is 16.5. The molecule has 0 saturated heterocycles. The Bertz CT molecular complexity index is 1840. The van der Waals surface area contributed by atoms with E-state index in [9.17, 15) is 4.79 Å². The van der Waals surface area contributed by atoms with Crippen molar-refractivity contribution in [3.63, 3.8) is 0 Å². The summed E-state index contributed by atoms with van der Waals surface area (Å²) in [5.41, 5.74) is 6.11. The third kappa shape index (κ3) is 23.1. The van der Waals surface area contributed by atoms with E-state index in [-0.39, 0.29) is 20.8 Å². The molecule has 6 rings (SSSR count). The number of hydrogen-bond acceptors (Lipinski definition) is 5. The second-order valence-electron chi connectivity index (χ2n) is 12.7. The van der Waals surface area contributed by atoms with Gasteiger partial charge in [-0.25, -0.2) is 0 Å². The lowest BCUT2D eigenvalue weighted by molar-refractivity contribution is -0.140. The minimum atomic E-state index is -0.211. The zero-order valence-corrected chi connectivity index (χ0v) is 33.0. The molecule has 0 radical (unpaired) electrons. The summed E-state index contributed by atoms with van der Waals surface area (Å²) in [6.07, 6.45) is 1.26. The molecule has 5 nitrogen and oxygen atoms in total. The van der Waals surface area contributed by atoms with Gasteiger partial charge in [-0.05, 0) is 106 Å². The summed E-state index contributed by atoms with van der Waals surface area (Å²) < 4.78 is 15.8. The van der Waals surface area contributed by atoms with Gasteiger partial charge in [0.25, 0.3) is 0 Å². The maximum Gasteiger partial charge on any atom is 0.302 e. The Morgan fingerprint density at radius 2 is 1.09 bits per heavy atom. The van der Waals surface area contributed by atoms with Crippen molar-refractivity contribution in [1.82, 2.24) is 4.90 Å². The quantitative estimate of drug-likeness (QED) is 0.138. The van der Waals surface area contributed by atoms with Crippen LogP contribution in [0.1, 0.15) is 69.9 Å². The van der Waals surface area contributed by atoms with E-state index in [1.165, 1.54) is 58.5 Å². The summed E-state index contributed by atoms with van der Waals surface area (Å²) in [5, 5.41) is 2.64. The normalized spacial score (nSPS) is 9.40. The summed E-state index contributed by atoms with van der Waals surface area (Å²) in [6.45, 7) is 14.5. The third-order valence-electron chi connectivity index (χ3n) is 7.49. The summed E-state index contributed by atoms with van der Waals surface area (Å²) in [5.74, 6) is 1.68. The smallest absolute Gasteiger partial charge is 0.302 e. The number of nitrogens with zero attached hydrogens (tertiary/aromatic N) is 1. The van der Waals surface area contributed by atoms with Crippen LogP contribution in [0.5, 0.6) is 11.5 Å². The Morgan fingerprint density at radius 3 is 1.58 bits per heavy atom. The van der Waals surface area contributed by atoms with Gasteiger partial charge in [0.1, 0.15) is 24.7 Å². The zero-order valence-electron chi connectivity index (χ0n) is 33.0. The largest absolute Gasteiger partial charge is 0.489 e. The fraction of sp³-hybridized carbons (Fsp3) is 0.300. The van der Waals surface area contributed by atoms with E-state index < -0.39 is 0 Å². The van der Waals surface area contributed by atoms with Crippen molar-refractivity contribution in [3.8, 4) is 11.5 Å². The van der Waals surface area contributed by atoms with Crippen LogP contribution in [-0.2, 0) is 22.7 Å². The van der Waals surface area contributed by atoms with E-state index in [4.69, 9.17) is 9.47 Å². The number of carbonyl (C=O) groups is 1. The van der Waals surface area contributed by atoms with Crippen LogP contribution in [0.4, 0.5) is 0 Å². The van der Waals surface area contributed by atoms with Gasteiger partial charge in [-0.2, -0.15) is 0 Å². The molecule has 0 aromatic heterocycles. The molecule has 0 heterocycles. The van der Waals surface area contributed by atoms with E-state index in [0.29, 0.717) is 19.8 Å². The van der Waals surface area contributed by atoms with Crippen LogP contribution in [0.15, 0.2) is 152 Å². The first kappa shape index (κ1) is 49.6. The fourth-order valence-corrected chi connectivity index (χ4v) is 4.86. The Kier molecular flexibility index (Phi) is 27.1. The number of hydrogen-bond donors (Lipinski definition) is 0. The van der Waals surface area contributed by atoms with Gasteiger partial charge in [-0.1, -0.05) is 161 Å². The van der Waals surface area contributed by atoms with Gasteiger partial charge in [0, 0.05) is 6.92 Å². The second kappa shape index (κ2) is 30.0. The highest BCUT2D eigenvalue weighted by molar-refractivity contribution is 5.82. The molecule has 55 heavy (non-hydrogen) atoms. The molecule has 0 N–H and O–H groups in total. The molecule has 0 fully saturated rings. The van der Waals surface area contributed by atoms with Crippen LogP contribution >= 0.6 is 0 Å². The van der Waals surface area contributed by atoms with Gasteiger partial charge < -0.3 is 19.1 Å². The molecule has 0 amide bonds. The van der Waals surface area contributed by atoms with E-state index in [2.05, 4.69) is 130 Å². The number of benzene rings is 6. The van der Waals surface area contributed by atoms with Gasteiger partial charge in [0.2, 0.25) is 0 Å². The molecule has 5 heteroatoms. The minimum Gasteiger partial charge on any atom is -0.489 e. The first-order chi connectivity index (χ1) is 25.6. The van der Waals surface area contributed by atoms with Crippen molar-refractivity contribution in [2.75, 3.05) is 27.2 Å². The number of carbonyl (C=O) groups excluding carboxylic acids is 1. The molecule has 6 aromatic rings. The van der Waals surface area contributed by atoms with E-state index >= 15 is 0 Å². The topological polar surface area (TPSA) is 48.0 Å². The standard InChI is InChI=1S/2C14H14O.C11H10.C5H13N.C4H8O2.2CH4/c1-12-7-5-6-10-14(12)15-11-13-8-3-2-4-9-13;1-12-6-5-9-14(10-12)15-11-13-7-3-2-4-8-13;1-9-6-7-10-4-2-3-5-11(10)8-9;1-4-5-6(2)3;1-3-6-4(2)5;;/h2*2-10H,11H2,1H3;2-8H,1H3;4-5H2,1-3H3;3H2,1-2H3;2*1H4. The van der Waals surface area contributed by atoms with Crippen LogP contribution in [0.2, 0.25) is 0 Å². The Hall–Kier alpha value is -5.39. The van der Waals surface area contributed by atoms with Crippen molar-refractivity contribution in [2.45, 2.75) is 76.0 Å². The van der Waals surface area contributed by atoms with Crippen molar-refractivity contribution >= 4 is 16.7 Å². The second-order valence-corrected chi connectivity index (χ2v) is 12.7. The lowest BCUT2D eigenvalue weighted by Gasteiger charge is -2.08. The first-order valence-corrected chi connectivity index (χ1v) is 18.3. The summed E-state index contributed by atoms with van der Waals surface area (Å²) in [6, 6.07) is 51.5. The molecule has 0 saturated carbocycles. The van der Waals surface area contributed by atoms with E-state index in [1.54, 1.807) is 6.92 Å². The minimum absolute atomic E-state index is 0. The van der Waals surface area contributed by atoms with Crippen LogP contribution < -0.4 is 9.47 Å². The van der Waals surface area contributed by atoms with Gasteiger partial charge in [0.15, 0.2) is 0 Å². The molecule has 6 aromatic carbocycles. The monoisotopic (exact) mass is 746 g/mol. The lowest BCUT2D eigenvalue weighted by Crippen LogP contribution is -2.11. The maximum atomic E-state index is 9.82. The molecule has 0 aliphatic carbocycles. The van der Waals surface area contributed by atoms with E-state index in [0.717, 1.165) is 11.5 Å². The maximum absolute atomic E-state index is 9.82. The molecule has 296 valence electrons. The molecular weight excluding hydrogens is 679 g/mol. The number of rotatable bonds is 9. The fourth-order valence-electron chi connectivity index (χ4n) is 4.86. The summed E-state index contributed by atoms with van der Waals surface area (Å²) >= 11 is 0. The molecular formula is C50H67NO4. The zero-order chi connectivity index (χ0) is 38.7. The van der Waals surface area contributed by atoms with Crippen molar-refractivity contribution in [2.24, 2.45) is 0 Å². The number of esters is 1. The number of ether oxygens (including phenoxy) is 3. The molecule has 0 unspecified atom stereocenters.